The monoisotopic (exact) mass is 401 g/mol. The van der Waals surface area contributed by atoms with Gasteiger partial charge in [-0.25, -0.2) is 0 Å². The second-order valence-corrected chi connectivity index (χ2v) is 8.91. The first kappa shape index (κ1) is 21.8. The van der Waals surface area contributed by atoms with Gasteiger partial charge in [0.05, 0.1) is 6.54 Å². The highest BCUT2D eigenvalue weighted by molar-refractivity contribution is 5.86. The first-order valence-corrected chi connectivity index (χ1v) is 10.7. The highest BCUT2D eigenvalue weighted by Crippen LogP contribution is 2.51. The van der Waals surface area contributed by atoms with Gasteiger partial charge in [-0.3, -0.25) is 14.5 Å². The van der Waals surface area contributed by atoms with Gasteiger partial charge in [0.15, 0.2) is 0 Å². The van der Waals surface area contributed by atoms with Crippen LogP contribution in [0.5, 0.6) is 0 Å². The summed E-state index contributed by atoms with van der Waals surface area (Å²) in [6.07, 6.45) is 5.45. The van der Waals surface area contributed by atoms with Crippen molar-refractivity contribution in [2.45, 2.75) is 44.1 Å². The van der Waals surface area contributed by atoms with E-state index in [-0.39, 0.29) is 29.3 Å². The van der Waals surface area contributed by atoms with Crippen LogP contribution in [0.25, 0.3) is 0 Å². The lowest BCUT2D eigenvalue weighted by Crippen LogP contribution is -2.47. The fourth-order valence-corrected chi connectivity index (χ4v) is 5.07. The highest BCUT2D eigenvalue weighted by atomic mass is 16.5. The van der Waals surface area contributed by atoms with Crippen molar-refractivity contribution in [3.05, 3.63) is 35.9 Å². The number of nitrogens with zero attached hydrogens (tertiary/aromatic N) is 2. The summed E-state index contributed by atoms with van der Waals surface area (Å²) in [6.45, 7) is 2.09. The summed E-state index contributed by atoms with van der Waals surface area (Å²) in [7, 11) is 5.97. The van der Waals surface area contributed by atoms with Gasteiger partial charge in [-0.1, -0.05) is 30.3 Å². The van der Waals surface area contributed by atoms with Crippen molar-refractivity contribution in [1.82, 2.24) is 15.1 Å². The van der Waals surface area contributed by atoms with Gasteiger partial charge in [-0.2, -0.15) is 0 Å². The van der Waals surface area contributed by atoms with Gasteiger partial charge in [0.1, 0.15) is 0 Å². The molecule has 1 aromatic carbocycles. The number of rotatable bonds is 8. The topological polar surface area (TPSA) is 61.9 Å². The maximum Gasteiger partial charge on any atom is 0.239 e. The minimum Gasteiger partial charge on any atom is -0.385 e. The summed E-state index contributed by atoms with van der Waals surface area (Å²) in [5.41, 5.74) is 1.40. The van der Waals surface area contributed by atoms with Crippen molar-refractivity contribution < 1.29 is 14.3 Å². The standard InChI is InChI=1S/C23H35N3O3/c1-25(2)23(19-8-5-4-6-9-19)12-10-22(11-13-23)16-21(28)26(18-22)17-20(27)24-14-7-15-29-3/h4-6,8-9H,7,10-18H2,1-3H3,(H,24,27)/t22-,23-. The largest absolute Gasteiger partial charge is 0.385 e. The van der Waals surface area contributed by atoms with Crippen LogP contribution < -0.4 is 5.32 Å². The van der Waals surface area contributed by atoms with Crippen molar-refractivity contribution in [3.8, 4) is 0 Å². The van der Waals surface area contributed by atoms with Crippen LogP contribution in [-0.4, -0.2) is 69.1 Å². The number of hydrogen-bond acceptors (Lipinski definition) is 4. The Hall–Kier alpha value is -1.92. The summed E-state index contributed by atoms with van der Waals surface area (Å²) in [5, 5.41) is 2.89. The predicted octanol–water partition coefficient (Wildman–Crippen LogP) is 2.39. The van der Waals surface area contributed by atoms with E-state index in [0.29, 0.717) is 26.1 Å². The highest BCUT2D eigenvalue weighted by Gasteiger charge is 2.50. The smallest absolute Gasteiger partial charge is 0.239 e. The third kappa shape index (κ3) is 4.81. The van der Waals surface area contributed by atoms with Crippen molar-refractivity contribution in [3.63, 3.8) is 0 Å². The third-order valence-electron chi connectivity index (χ3n) is 6.89. The molecule has 1 heterocycles. The number of methoxy groups -OCH3 is 1. The molecule has 3 rings (SSSR count). The van der Waals surface area contributed by atoms with Gasteiger partial charge in [-0.05, 0) is 57.2 Å². The Labute approximate surface area is 174 Å². The number of carbonyl (C=O) groups excluding carboxylic acids is 2. The number of ether oxygens (including phenoxy) is 1. The maximum atomic E-state index is 12.6. The Balaban J connectivity index is 1.59. The molecule has 1 saturated carbocycles. The first-order valence-electron chi connectivity index (χ1n) is 10.7. The first-order chi connectivity index (χ1) is 13.9. The molecule has 1 saturated heterocycles. The van der Waals surface area contributed by atoms with E-state index in [1.54, 1.807) is 12.0 Å². The fraction of sp³-hybridized carbons (Fsp3) is 0.652. The zero-order chi connectivity index (χ0) is 20.9. The number of carbonyl (C=O) groups is 2. The number of hydrogen-bond donors (Lipinski definition) is 1. The average molecular weight is 402 g/mol. The zero-order valence-corrected chi connectivity index (χ0v) is 18.1. The van der Waals surface area contributed by atoms with Crippen molar-refractivity contribution in [1.29, 1.82) is 0 Å². The quantitative estimate of drug-likeness (QED) is 0.680. The summed E-state index contributed by atoms with van der Waals surface area (Å²) < 4.78 is 5.00. The van der Waals surface area contributed by atoms with E-state index < -0.39 is 0 Å². The second kappa shape index (κ2) is 9.26. The van der Waals surface area contributed by atoms with Crippen LogP contribution in [0.2, 0.25) is 0 Å². The Morgan fingerprint density at radius 2 is 1.86 bits per heavy atom. The molecule has 1 spiro atoms. The van der Waals surface area contributed by atoms with Crippen molar-refractivity contribution in [2.75, 3.05) is 47.4 Å². The van der Waals surface area contributed by atoms with Gasteiger partial charge in [0.25, 0.3) is 0 Å². The molecule has 1 aliphatic heterocycles. The van der Waals surface area contributed by atoms with E-state index in [2.05, 4.69) is 54.6 Å². The van der Waals surface area contributed by atoms with Crippen molar-refractivity contribution >= 4 is 11.8 Å². The maximum absolute atomic E-state index is 12.6. The van der Waals surface area contributed by atoms with E-state index in [1.165, 1.54) is 5.56 Å². The van der Waals surface area contributed by atoms with Crippen LogP contribution in [0.15, 0.2) is 30.3 Å². The molecule has 0 bridgehead atoms. The van der Waals surface area contributed by atoms with Crippen LogP contribution >= 0.6 is 0 Å². The molecule has 0 aromatic heterocycles. The summed E-state index contributed by atoms with van der Waals surface area (Å²) in [6, 6.07) is 10.7. The third-order valence-corrected chi connectivity index (χ3v) is 6.89. The summed E-state index contributed by atoms with van der Waals surface area (Å²) >= 11 is 0. The minimum absolute atomic E-state index is 0.0156. The van der Waals surface area contributed by atoms with E-state index >= 15 is 0 Å². The van der Waals surface area contributed by atoms with Gasteiger partial charge in [-0.15, -0.1) is 0 Å². The predicted molar refractivity (Wildman–Crippen MR) is 113 cm³/mol. The summed E-state index contributed by atoms with van der Waals surface area (Å²) in [4.78, 5) is 28.9. The zero-order valence-electron chi connectivity index (χ0n) is 18.1. The van der Waals surface area contributed by atoms with Crippen molar-refractivity contribution in [2.24, 2.45) is 5.41 Å². The summed E-state index contributed by atoms with van der Waals surface area (Å²) in [5.74, 6) is 0.0448. The molecule has 2 fully saturated rings. The number of likely N-dealkylation sites (tertiary alicyclic amines) is 1. The van der Waals surface area contributed by atoms with Gasteiger partial charge < -0.3 is 15.0 Å². The molecule has 160 valence electrons. The van der Waals surface area contributed by atoms with Crippen LogP contribution in [-0.2, 0) is 19.9 Å². The molecule has 2 aliphatic rings. The normalized spacial score (nSPS) is 27.0. The molecular formula is C23H35N3O3. The number of nitrogens with one attached hydrogen (secondary N) is 1. The van der Waals surface area contributed by atoms with Gasteiger partial charge in [0.2, 0.25) is 11.8 Å². The van der Waals surface area contributed by atoms with Gasteiger partial charge in [0, 0.05) is 38.8 Å². The average Bonchev–Trinajstić information content (AvgIpc) is 3.01. The van der Waals surface area contributed by atoms with E-state index in [0.717, 1.165) is 32.1 Å². The fourth-order valence-electron chi connectivity index (χ4n) is 5.07. The molecule has 29 heavy (non-hydrogen) atoms. The Morgan fingerprint density at radius 1 is 1.17 bits per heavy atom. The molecule has 6 nitrogen and oxygen atoms in total. The minimum atomic E-state index is -0.0748. The van der Waals surface area contributed by atoms with Crippen LogP contribution in [0.1, 0.15) is 44.1 Å². The molecule has 0 radical (unpaired) electrons. The van der Waals surface area contributed by atoms with E-state index in [9.17, 15) is 9.59 Å². The number of amides is 2. The second-order valence-electron chi connectivity index (χ2n) is 8.91. The Bertz CT molecular complexity index is 697. The SMILES string of the molecule is COCCCNC(=O)CN1C[C@]2(CC[C@](c3ccccc3)(N(C)C)CC2)CC1=O. The molecule has 0 atom stereocenters. The number of benzene rings is 1. The molecule has 2 amide bonds. The van der Waals surface area contributed by atoms with E-state index in [1.807, 2.05) is 0 Å². The van der Waals surface area contributed by atoms with Crippen LogP contribution in [0, 0.1) is 5.41 Å². The lowest BCUT2D eigenvalue weighted by atomic mass is 9.64. The molecule has 1 aliphatic carbocycles. The van der Waals surface area contributed by atoms with Crippen LogP contribution in [0.4, 0.5) is 0 Å². The molecule has 6 heteroatoms. The lowest BCUT2D eigenvalue weighted by molar-refractivity contribution is -0.133. The molecular weight excluding hydrogens is 366 g/mol. The Morgan fingerprint density at radius 3 is 2.48 bits per heavy atom. The molecule has 1 N–H and O–H groups in total. The lowest BCUT2D eigenvalue weighted by Gasteiger charge is -2.48. The Kier molecular flexibility index (Phi) is 6.96. The molecule has 1 aromatic rings. The van der Waals surface area contributed by atoms with Gasteiger partial charge >= 0.3 is 0 Å². The van der Waals surface area contributed by atoms with Crippen LogP contribution in [0.3, 0.4) is 0 Å². The van der Waals surface area contributed by atoms with E-state index in [4.69, 9.17) is 4.74 Å². The molecule has 0 unspecified atom stereocenters.